The number of aromatic hydroxyl groups is 1. The molecular weight excluding hydrogens is 212 g/mol. The molecule has 1 aromatic rings. The molecule has 0 bridgehead atoms. The minimum absolute atomic E-state index is 0.0896. The van der Waals surface area contributed by atoms with Gasteiger partial charge < -0.3 is 5.11 Å². The molecule has 0 aliphatic carbocycles. The molecule has 0 spiro atoms. The molecule has 2 N–H and O–H groups in total. The van der Waals surface area contributed by atoms with E-state index >= 15 is 0 Å². The predicted octanol–water partition coefficient (Wildman–Crippen LogP) is 0.326. The highest BCUT2D eigenvalue weighted by Gasteiger charge is 2.26. The van der Waals surface area contributed by atoms with Crippen LogP contribution in [0.25, 0.3) is 0 Å². The summed E-state index contributed by atoms with van der Waals surface area (Å²) in [6.07, 6.45) is 1.25. The number of fused-ring (bicyclic) bond motifs is 1. The van der Waals surface area contributed by atoms with Crippen LogP contribution in [0.4, 0.5) is 11.5 Å². The number of nitrogens with zero attached hydrogens (tertiary/aromatic N) is 3. The van der Waals surface area contributed by atoms with Crippen molar-refractivity contribution in [2.45, 2.75) is 0 Å². The van der Waals surface area contributed by atoms with Gasteiger partial charge in [-0.25, -0.2) is 0 Å². The van der Waals surface area contributed by atoms with Crippen LogP contribution in [0, 0.1) is 0 Å². The van der Waals surface area contributed by atoms with E-state index in [-0.39, 0.29) is 5.88 Å². The number of amidine groups is 1. The topological polar surface area (TPSA) is 72.1 Å². The summed E-state index contributed by atoms with van der Waals surface area (Å²) in [5.41, 5.74) is 0.444. The van der Waals surface area contributed by atoms with Crippen molar-refractivity contribution in [3.8, 4) is 5.88 Å². The van der Waals surface area contributed by atoms with Crippen LogP contribution in [0.5, 0.6) is 5.88 Å². The van der Waals surface area contributed by atoms with Gasteiger partial charge in [0.05, 0.1) is 0 Å². The Morgan fingerprint density at radius 3 is 3.09 bits per heavy atom. The lowest BCUT2D eigenvalue weighted by Crippen LogP contribution is -1.99. The zero-order valence-electron chi connectivity index (χ0n) is 5.24. The standard InChI is InChI=1S/C5H3BrN4O/c6-5-9-2-3(10-5)7-1-8-4(2)11/h1,9H,(H,7,8,11)/q+1. The maximum Gasteiger partial charge on any atom is 0.344 e. The van der Waals surface area contributed by atoms with Crippen LogP contribution in [0.2, 0.25) is 0 Å². The van der Waals surface area contributed by atoms with Gasteiger partial charge in [-0.3, -0.25) is 5.32 Å². The van der Waals surface area contributed by atoms with Crippen molar-refractivity contribution in [3.05, 3.63) is 6.33 Å². The summed E-state index contributed by atoms with van der Waals surface area (Å²) < 4.78 is 0.531. The number of nitrogens with one attached hydrogen (secondary N) is 1. The second kappa shape index (κ2) is 2.16. The fourth-order valence-corrected chi connectivity index (χ4v) is 1.15. The molecule has 11 heavy (non-hydrogen) atoms. The van der Waals surface area contributed by atoms with Crippen LogP contribution in [-0.4, -0.2) is 19.8 Å². The first-order valence-corrected chi connectivity index (χ1v) is 3.62. The molecule has 1 aliphatic rings. The highest BCUT2D eigenvalue weighted by atomic mass is 79.9. The fourth-order valence-electron chi connectivity index (χ4n) is 0.788. The normalized spacial score (nSPS) is 13.7. The van der Waals surface area contributed by atoms with Gasteiger partial charge in [0.15, 0.2) is 6.33 Å². The minimum atomic E-state index is -0.0896. The number of rotatable bonds is 0. The average Bonchev–Trinajstić information content (AvgIpc) is 2.31. The SMILES string of the molecule is Oc1ncnc2c1NC(Br)=[N+]2. The second-order valence-corrected chi connectivity index (χ2v) is 2.67. The van der Waals surface area contributed by atoms with Crippen molar-refractivity contribution < 1.29 is 5.11 Å². The molecule has 0 saturated carbocycles. The maximum absolute atomic E-state index is 9.14. The molecule has 1 aromatic heterocycles. The summed E-state index contributed by atoms with van der Waals surface area (Å²) >= 11 is 3.11. The molecule has 5 nitrogen and oxygen atoms in total. The van der Waals surface area contributed by atoms with E-state index in [4.69, 9.17) is 5.11 Å². The molecule has 6 heteroatoms. The van der Waals surface area contributed by atoms with E-state index in [9.17, 15) is 0 Å². The number of anilines is 1. The summed E-state index contributed by atoms with van der Waals surface area (Å²) in [6.45, 7) is 0. The molecule has 55 valence electrons. The average molecular weight is 215 g/mol. The van der Waals surface area contributed by atoms with Crippen molar-refractivity contribution in [1.82, 2.24) is 15.0 Å². The van der Waals surface area contributed by atoms with Crippen LogP contribution < -0.4 is 10.3 Å². The number of aromatic nitrogens is 2. The van der Waals surface area contributed by atoms with Gasteiger partial charge in [-0.05, 0) is 0 Å². The molecule has 0 aromatic carbocycles. The molecule has 0 fully saturated rings. The largest absolute Gasteiger partial charge is 0.491 e. The van der Waals surface area contributed by atoms with E-state index in [1.54, 1.807) is 0 Å². The van der Waals surface area contributed by atoms with Gasteiger partial charge in [-0.15, -0.1) is 0 Å². The Labute approximate surface area is 70.3 Å². The molecular formula is C5H3BrN4O+. The fraction of sp³-hybridized carbons (Fsp3) is 0. The number of aliphatic imine (C=N–C) groups is 1. The van der Waals surface area contributed by atoms with Gasteiger partial charge in [0, 0.05) is 15.9 Å². The summed E-state index contributed by atoms with van der Waals surface area (Å²) in [6, 6.07) is 0. The highest BCUT2D eigenvalue weighted by molar-refractivity contribution is 9.18. The lowest BCUT2D eigenvalue weighted by Gasteiger charge is -1.90. The van der Waals surface area contributed by atoms with E-state index < -0.39 is 0 Å². The molecule has 0 unspecified atom stereocenters. The smallest absolute Gasteiger partial charge is 0.344 e. The van der Waals surface area contributed by atoms with Crippen LogP contribution >= 0.6 is 15.9 Å². The third-order valence-corrected chi connectivity index (χ3v) is 1.62. The van der Waals surface area contributed by atoms with Gasteiger partial charge in [-0.1, -0.05) is 9.98 Å². The summed E-state index contributed by atoms with van der Waals surface area (Å²) in [5, 5.41) is 11.9. The van der Waals surface area contributed by atoms with E-state index in [1.807, 2.05) is 0 Å². The van der Waals surface area contributed by atoms with Crippen molar-refractivity contribution in [3.63, 3.8) is 0 Å². The Balaban J connectivity index is 2.59. The number of halogens is 1. The zero-order chi connectivity index (χ0) is 7.84. The zero-order valence-corrected chi connectivity index (χ0v) is 6.83. The van der Waals surface area contributed by atoms with E-state index in [0.29, 0.717) is 16.3 Å². The Morgan fingerprint density at radius 1 is 1.55 bits per heavy atom. The number of hydrogen-bond acceptors (Lipinski definition) is 5. The van der Waals surface area contributed by atoms with Crippen LogP contribution in [-0.2, 0) is 0 Å². The first-order valence-electron chi connectivity index (χ1n) is 2.82. The van der Waals surface area contributed by atoms with Crippen LogP contribution in [0.1, 0.15) is 0 Å². The lowest BCUT2D eigenvalue weighted by atomic mass is 10.5. The van der Waals surface area contributed by atoms with Crippen LogP contribution in [0.3, 0.4) is 0 Å². The Bertz CT molecular complexity index is 337. The van der Waals surface area contributed by atoms with E-state index in [0.717, 1.165) is 0 Å². The van der Waals surface area contributed by atoms with Crippen molar-refractivity contribution >= 4 is 32.2 Å². The molecule has 2 rings (SSSR count). The maximum atomic E-state index is 9.14. The molecule has 0 atom stereocenters. The second-order valence-electron chi connectivity index (χ2n) is 1.92. The summed E-state index contributed by atoms with van der Waals surface area (Å²) in [4.78, 5) is 11.3. The van der Waals surface area contributed by atoms with Gasteiger partial charge in [0.1, 0.15) is 0 Å². The minimum Gasteiger partial charge on any atom is -0.491 e. The number of hydrogen-bond donors (Lipinski definition) is 2. The first kappa shape index (κ1) is 6.53. The summed E-state index contributed by atoms with van der Waals surface area (Å²) in [5.74, 6) is 0.359. The molecule has 0 saturated heterocycles. The highest BCUT2D eigenvalue weighted by Crippen LogP contribution is 2.29. The van der Waals surface area contributed by atoms with Crippen LogP contribution in [0.15, 0.2) is 6.33 Å². The molecule has 0 amide bonds. The quantitative estimate of drug-likeness (QED) is 0.611. The Morgan fingerprint density at radius 2 is 2.36 bits per heavy atom. The van der Waals surface area contributed by atoms with Crippen molar-refractivity contribution in [1.29, 1.82) is 0 Å². The lowest BCUT2D eigenvalue weighted by molar-refractivity contribution is 0.455. The van der Waals surface area contributed by atoms with Gasteiger partial charge in [0.25, 0.3) is 5.88 Å². The molecule has 1 aliphatic heterocycles. The Hall–Kier alpha value is -1.17. The van der Waals surface area contributed by atoms with Crippen molar-refractivity contribution in [2.24, 2.45) is 0 Å². The summed E-state index contributed by atoms with van der Waals surface area (Å²) in [7, 11) is 0. The van der Waals surface area contributed by atoms with E-state index in [1.165, 1.54) is 6.33 Å². The monoisotopic (exact) mass is 214 g/mol. The molecule has 2 heterocycles. The van der Waals surface area contributed by atoms with Gasteiger partial charge >= 0.3 is 10.6 Å². The first-order chi connectivity index (χ1) is 5.27. The van der Waals surface area contributed by atoms with E-state index in [2.05, 4.69) is 36.2 Å². The van der Waals surface area contributed by atoms with Gasteiger partial charge in [0.2, 0.25) is 5.69 Å². The predicted molar refractivity (Wildman–Crippen MR) is 43.0 cm³/mol. The molecule has 1 radical (unpaired) electrons. The third kappa shape index (κ3) is 0.949. The third-order valence-electron chi connectivity index (χ3n) is 1.24. The Kier molecular flexibility index (Phi) is 1.28. The van der Waals surface area contributed by atoms with Crippen molar-refractivity contribution in [2.75, 3.05) is 5.32 Å². The van der Waals surface area contributed by atoms with Gasteiger partial charge in [-0.2, -0.15) is 4.98 Å².